The summed E-state index contributed by atoms with van der Waals surface area (Å²) in [6, 6.07) is -5.52. The fraction of sp³-hybridized carbons (Fsp3) is 0.650. The van der Waals surface area contributed by atoms with E-state index in [9.17, 15) is 38.7 Å². The van der Waals surface area contributed by atoms with E-state index in [0.717, 1.165) is 0 Å². The Hall–Kier alpha value is -3.79. The fourth-order valence-electron chi connectivity index (χ4n) is 2.97. The van der Waals surface area contributed by atoms with E-state index < -0.39 is 72.0 Å². The van der Waals surface area contributed by atoms with Gasteiger partial charge in [0, 0.05) is 12.8 Å². The standard InChI is InChI=1S/C20H36N8O8/c21-8-2-1-3-10(22)17(32)26-11(4-6-14(23)29)18(33)28-13(9-16(25)31)19(34)27-12(20(35)36)5-7-15(24)30/h10-13H,1-9,21-22H2,(H2,23,29)(H2,24,30)(H2,25,31)(H,26,32)(H,27,34)(H,28,33)(H,35,36). The highest BCUT2D eigenvalue weighted by Crippen LogP contribution is 2.05. The first-order valence-corrected chi connectivity index (χ1v) is 11.2. The Balaban J connectivity index is 5.53. The average molecular weight is 517 g/mol. The van der Waals surface area contributed by atoms with E-state index >= 15 is 0 Å². The first kappa shape index (κ1) is 32.2. The molecule has 0 spiro atoms. The zero-order valence-electron chi connectivity index (χ0n) is 19.9. The molecule has 0 bridgehead atoms. The zero-order chi connectivity index (χ0) is 27.8. The van der Waals surface area contributed by atoms with Gasteiger partial charge in [0.1, 0.15) is 18.1 Å². The van der Waals surface area contributed by atoms with Crippen LogP contribution in [0.15, 0.2) is 0 Å². The van der Waals surface area contributed by atoms with Crippen LogP contribution >= 0.6 is 0 Å². The maximum Gasteiger partial charge on any atom is 0.326 e. The van der Waals surface area contributed by atoms with E-state index in [-0.39, 0.29) is 32.1 Å². The SMILES string of the molecule is NCCCCC(N)C(=O)NC(CCC(N)=O)C(=O)NC(CC(N)=O)C(=O)NC(CCC(N)=O)C(=O)O. The Morgan fingerprint density at radius 3 is 1.58 bits per heavy atom. The lowest BCUT2D eigenvalue weighted by atomic mass is 10.1. The highest BCUT2D eigenvalue weighted by molar-refractivity contribution is 5.96. The molecular formula is C20H36N8O8. The number of amides is 6. The Morgan fingerprint density at radius 1 is 0.639 bits per heavy atom. The van der Waals surface area contributed by atoms with Crippen molar-refractivity contribution in [1.29, 1.82) is 0 Å². The summed E-state index contributed by atoms with van der Waals surface area (Å²) < 4.78 is 0. The van der Waals surface area contributed by atoms with Crippen LogP contribution in [0, 0.1) is 0 Å². The highest BCUT2D eigenvalue weighted by atomic mass is 16.4. The van der Waals surface area contributed by atoms with E-state index in [1.54, 1.807) is 0 Å². The molecule has 0 saturated carbocycles. The van der Waals surface area contributed by atoms with Crippen LogP contribution in [0.25, 0.3) is 0 Å². The summed E-state index contributed by atoms with van der Waals surface area (Å²) in [5.74, 6) is -6.80. The van der Waals surface area contributed by atoms with Crippen molar-refractivity contribution < 1.29 is 38.7 Å². The van der Waals surface area contributed by atoms with Crippen LogP contribution in [0.1, 0.15) is 51.4 Å². The Morgan fingerprint density at radius 2 is 1.11 bits per heavy atom. The van der Waals surface area contributed by atoms with Crippen LogP contribution < -0.4 is 44.6 Å². The molecule has 0 aromatic rings. The maximum atomic E-state index is 12.9. The van der Waals surface area contributed by atoms with Crippen molar-refractivity contribution in [3.05, 3.63) is 0 Å². The second kappa shape index (κ2) is 16.8. The first-order chi connectivity index (χ1) is 16.8. The number of aliphatic carboxylic acids is 1. The molecule has 0 aliphatic carbocycles. The molecule has 0 saturated heterocycles. The van der Waals surface area contributed by atoms with Crippen LogP contribution in [0.3, 0.4) is 0 Å². The van der Waals surface area contributed by atoms with E-state index in [1.165, 1.54) is 0 Å². The maximum absolute atomic E-state index is 12.9. The molecule has 0 aliphatic rings. The molecule has 0 fully saturated rings. The number of carboxylic acids is 1. The molecule has 4 unspecified atom stereocenters. The number of nitrogens with two attached hydrogens (primary N) is 5. The molecule has 14 N–H and O–H groups in total. The van der Waals surface area contributed by atoms with Crippen LogP contribution in [0.2, 0.25) is 0 Å². The summed E-state index contributed by atoms with van der Waals surface area (Å²) in [5.41, 5.74) is 26.5. The lowest BCUT2D eigenvalue weighted by Gasteiger charge is -2.24. The monoisotopic (exact) mass is 516 g/mol. The van der Waals surface area contributed by atoms with Gasteiger partial charge in [-0.05, 0) is 32.2 Å². The smallest absolute Gasteiger partial charge is 0.326 e. The molecule has 16 nitrogen and oxygen atoms in total. The predicted octanol–water partition coefficient (Wildman–Crippen LogP) is -4.61. The molecule has 36 heavy (non-hydrogen) atoms. The lowest BCUT2D eigenvalue weighted by molar-refractivity contribution is -0.142. The second-order valence-corrected chi connectivity index (χ2v) is 8.09. The van der Waals surface area contributed by atoms with Crippen molar-refractivity contribution >= 4 is 41.4 Å². The Labute approximate surface area is 207 Å². The number of hydrogen-bond acceptors (Lipinski definition) is 9. The van der Waals surface area contributed by atoms with Crippen molar-refractivity contribution in [3.8, 4) is 0 Å². The topological polar surface area (TPSA) is 306 Å². The van der Waals surface area contributed by atoms with E-state index in [4.69, 9.17) is 28.7 Å². The van der Waals surface area contributed by atoms with Crippen molar-refractivity contribution in [1.82, 2.24) is 16.0 Å². The van der Waals surface area contributed by atoms with Crippen molar-refractivity contribution in [2.24, 2.45) is 28.7 Å². The van der Waals surface area contributed by atoms with Gasteiger partial charge < -0.3 is 49.7 Å². The van der Waals surface area contributed by atoms with Gasteiger partial charge in [-0.3, -0.25) is 28.8 Å². The minimum absolute atomic E-state index is 0.246. The van der Waals surface area contributed by atoms with Crippen LogP contribution in [0.5, 0.6) is 0 Å². The molecule has 0 aromatic heterocycles. The minimum atomic E-state index is -1.63. The van der Waals surface area contributed by atoms with Crippen LogP contribution in [-0.2, 0) is 33.6 Å². The Kier molecular flexibility index (Phi) is 15.0. The zero-order valence-corrected chi connectivity index (χ0v) is 19.9. The van der Waals surface area contributed by atoms with Crippen molar-refractivity contribution in [3.63, 3.8) is 0 Å². The minimum Gasteiger partial charge on any atom is -0.480 e. The molecule has 16 heteroatoms. The normalized spacial score (nSPS) is 13.9. The Bertz CT molecular complexity index is 822. The number of unbranched alkanes of at least 4 members (excludes halogenated alkanes) is 1. The van der Waals surface area contributed by atoms with Crippen molar-refractivity contribution in [2.75, 3.05) is 6.54 Å². The van der Waals surface area contributed by atoms with Gasteiger partial charge in [0.15, 0.2) is 0 Å². The summed E-state index contributed by atoms with van der Waals surface area (Å²) in [6.45, 7) is 0.409. The quantitative estimate of drug-likeness (QED) is 0.0739. The molecular weight excluding hydrogens is 480 g/mol. The number of carbonyl (C=O) groups excluding carboxylic acids is 6. The van der Waals surface area contributed by atoms with Gasteiger partial charge in [0.25, 0.3) is 0 Å². The van der Waals surface area contributed by atoms with Gasteiger partial charge >= 0.3 is 5.97 Å². The third-order valence-corrected chi connectivity index (χ3v) is 4.95. The molecule has 0 heterocycles. The van der Waals surface area contributed by atoms with Crippen LogP contribution in [0.4, 0.5) is 0 Å². The first-order valence-electron chi connectivity index (χ1n) is 11.2. The molecule has 0 aromatic carbocycles. The van der Waals surface area contributed by atoms with Gasteiger partial charge in [0.05, 0.1) is 12.5 Å². The van der Waals surface area contributed by atoms with Gasteiger partial charge in [-0.15, -0.1) is 0 Å². The number of primary amides is 3. The van der Waals surface area contributed by atoms with Gasteiger partial charge in [-0.1, -0.05) is 6.42 Å². The lowest BCUT2D eigenvalue weighted by Crippen LogP contribution is -2.57. The van der Waals surface area contributed by atoms with Gasteiger partial charge in [-0.2, -0.15) is 0 Å². The molecule has 0 aliphatic heterocycles. The summed E-state index contributed by atoms with van der Waals surface area (Å²) in [5, 5.41) is 16.0. The number of carboxylic acid groups (broad SMARTS) is 1. The largest absolute Gasteiger partial charge is 0.480 e. The van der Waals surface area contributed by atoms with E-state index in [1.807, 2.05) is 0 Å². The predicted molar refractivity (Wildman–Crippen MR) is 125 cm³/mol. The molecule has 6 amide bonds. The summed E-state index contributed by atoms with van der Waals surface area (Å²) in [7, 11) is 0. The molecule has 0 radical (unpaired) electrons. The van der Waals surface area contributed by atoms with Gasteiger partial charge in [0.2, 0.25) is 35.4 Å². The van der Waals surface area contributed by atoms with Crippen LogP contribution in [-0.4, -0.2) is 77.2 Å². The second-order valence-electron chi connectivity index (χ2n) is 8.09. The number of carbonyl (C=O) groups is 7. The fourth-order valence-corrected chi connectivity index (χ4v) is 2.97. The average Bonchev–Trinajstić information content (AvgIpc) is 2.77. The van der Waals surface area contributed by atoms with Gasteiger partial charge in [-0.25, -0.2) is 4.79 Å². The third kappa shape index (κ3) is 13.8. The van der Waals surface area contributed by atoms with Crippen molar-refractivity contribution in [2.45, 2.75) is 75.5 Å². The molecule has 4 atom stereocenters. The summed E-state index contributed by atoms with van der Waals surface area (Å²) in [4.78, 5) is 82.9. The summed E-state index contributed by atoms with van der Waals surface area (Å²) in [6.07, 6.45) is -0.482. The number of rotatable bonds is 19. The number of hydrogen-bond donors (Lipinski definition) is 9. The third-order valence-electron chi connectivity index (χ3n) is 4.95. The summed E-state index contributed by atoms with van der Waals surface area (Å²) >= 11 is 0. The highest BCUT2D eigenvalue weighted by Gasteiger charge is 2.31. The van der Waals surface area contributed by atoms with E-state index in [2.05, 4.69) is 16.0 Å². The molecule has 0 rings (SSSR count). The number of nitrogens with one attached hydrogen (secondary N) is 3. The molecule has 204 valence electrons. The van der Waals surface area contributed by atoms with E-state index in [0.29, 0.717) is 19.4 Å².